The second-order valence-corrected chi connectivity index (χ2v) is 5.95. The van der Waals surface area contributed by atoms with E-state index in [-0.39, 0.29) is 10.7 Å². The van der Waals surface area contributed by atoms with Gasteiger partial charge in [-0.15, -0.1) is 0 Å². The molecule has 0 aromatic carbocycles. The Bertz CT molecular complexity index is 465. The van der Waals surface area contributed by atoms with E-state index in [1.165, 1.54) is 6.20 Å². The Kier molecular flexibility index (Phi) is 3.51. The Hall–Kier alpha value is -1.18. The van der Waals surface area contributed by atoms with E-state index in [9.17, 15) is 8.42 Å². The Labute approximate surface area is 95.3 Å². The normalized spacial score (nSPS) is 12.5. The number of rotatable bonds is 3. The number of nitrogens with zero attached hydrogens (tertiary/aromatic N) is 1. The molecule has 90 valence electrons. The van der Waals surface area contributed by atoms with Crippen LogP contribution in [0.15, 0.2) is 23.4 Å². The minimum Gasteiger partial charge on any atom is -0.321 e. The fourth-order valence-electron chi connectivity index (χ4n) is 1.17. The topological polar surface area (TPSA) is 97.1 Å². The molecule has 1 heterocycles. The maximum absolute atomic E-state index is 12.0. The second-order valence-electron chi connectivity index (χ2n) is 4.36. The van der Waals surface area contributed by atoms with E-state index in [1.54, 1.807) is 32.9 Å². The lowest BCUT2D eigenvalue weighted by Crippen LogP contribution is -2.41. The molecule has 16 heavy (non-hydrogen) atoms. The van der Waals surface area contributed by atoms with Gasteiger partial charge in [-0.2, -0.15) is 0 Å². The van der Waals surface area contributed by atoms with Gasteiger partial charge in [-0.05, 0) is 32.9 Å². The highest BCUT2D eigenvalue weighted by molar-refractivity contribution is 7.89. The molecule has 1 aromatic heterocycles. The highest BCUT2D eigenvalue weighted by Crippen LogP contribution is 2.18. The molecule has 0 saturated carbocycles. The molecule has 0 saturated heterocycles. The number of aromatic nitrogens is 1. The van der Waals surface area contributed by atoms with Gasteiger partial charge in [0.05, 0.1) is 5.69 Å². The molecule has 7 heteroatoms. The summed E-state index contributed by atoms with van der Waals surface area (Å²) in [5, 5.41) is -0.104. The van der Waals surface area contributed by atoms with Crippen molar-refractivity contribution >= 4 is 15.7 Å². The first kappa shape index (κ1) is 12.9. The van der Waals surface area contributed by atoms with Crippen LogP contribution in [0.2, 0.25) is 0 Å². The third kappa shape index (κ3) is 3.16. The molecule has 0 unspecified atom stereocenters. The average Bonchev–Trinajstić information content (AvgIpc) is 2.14. The van der Waals surface area contributed by atoms with Gasteiger partial charge in [-0.3, -0.25) is 5.84 Å². The summed E-state index contributed by atoms with van der Waals surface area (Å²) < 4.78 is 26.4. The molecule has 0 atom stereocenters. The van der Waals surface area contributed by atoms with Gasteiger partial charge in [0.15, 0.2) is 5.03 Å². The van der Waals surface area contributed by atoms with Gasteiger partial charge in [0.1, 0.15) is 0 Å². The van der Waals surface area contributed by atoms with Gasteiger partial charge in [0.2, 0.25) is 0 Å². The zero-order valence-corrected chi connectivity index (χ0v) is 10.3. The maximum Gasteiger partial charge on any atom is 0.260 e. The molecular weight excluding hydrogens is 228 g/mol. The van der Waals surface area contributed by atoms with E-state index in [0.29, 0.717) is 0 Å². The van der Waals surface area contributed by atoms with Crippen LogP contribution in [0.1, 0.15) is 20.8 Å². The first-order valence-corrected chi connectivity index (χ1v) is 6.20. The number of nitrogens with two attached hydrogens (primary N) is 1. The summed E-state index contributed by atoms with van der Waals surface area (Å²) in [6.45, 7) is 5.26. The largest absolute Gasteiger partial charge is 0.321 e. The SMILES string of the molecule is CC(C)(C)NS(=O)(=O)c1ncccc1NN. The Morgan fingerprint density at radius 1 is 1.38 bits per heavy atom. The minimum absolute atomic E-state index is 0.104. The van der Waals surface area contributed by atoms with E-state index in [2.05, 4.69) is 15.1 Å². The number of nitrogens with one attached hydrogen (secondary N) is 2. The van der Waals surface area contributed by atoms with Crippen LogP contribution < -0.4 is 16.0 Å². The van der Waals surface area contributed by atoms with Gasteiger partial charge in [0, 0.05) is 11.7 Å². The van der Waals surface area contributed by atoms with Crippen molar-refractivity contribution in [1.82, 2.24) is 9.71 Å². The molecule has 0 aliphatic carbocycles. The number of hydrogen-bond donors (Lipinski definition) is 3. The summed E-state index contributed by atoms with van der Waals surface area (Å²) in [5.74, 6) is 5.23. The summed E-state index contributed by atoms with van der Waals surface area (Å²) in [4.78, 5) is 3.81. The van der Waals surface area contributed by atoms with Crippen LogP contribution in [0.4, 0.5) is 5.69 Å². The number of nitrogen functional groups attached to an aromatic ring is 1. The maximum atomic E-state index is 12.0. The van der Waals surface area contributed by atoms with Crippen LogP contribution in [0.25, 0.3) is 0 Å². The number of anilines is 1. The summed E-state index contributed by atoms with van der Waals surface area (Å²) in [6, 6.07) is 3.15. The zero-order chi connectivity index (χ0) is 12.4. The predicted octanol–water partition coefficient (Wildman–Crippen LogP) is 0.444. The van der Waals surface area contributed by atoms with Crippen molar-refractivity contribution in [3.63, 3.8) is 0 Å². The first-order chi connectivity index (χ1) is 7.26. The van der Waals surface area contributed by atoms with Gasteiger partial charge < -0.3 is 5.43 Å². The van der Waals surface area contributed by atoms with Gasteiger partial charge >= 0.3 is 0 Å². The van der Waals surface area contributed by atoms with E-state index in [0.717, 1.165) is 0 Å². The number of hydrazine groups is 1. The van der Waals surface area contributed by atoms with Crippen molar-refractivity contribution in [3.8, 4) is 0 Å². The van der Waals surface area contributed by atoms with Crippen molar-refractivity contribution in [2.45, 2.75) is 31.3 Å². The van der Waals surface area contributed by atoms with E-state index in [4.69, 9.17) is 5.84 Å². The number of sulfonamides is 1. The molecule has 0 radical (unpaired) electrons. The molecule has 4 N–H and O–H groups in total. The van der Waals surface area contributed by atoms with Crippen LogP contribution in [0.5, 0.6) is 0 Å². The lowest BCUT2D eigenvalue weighted by molar-refractivity contribution is 0.490. The highest BCUT2D eigenvalue weighted by Gasteiger charge is 2.25. The molecule has 0 fully saturated rings. The monoisotopic (exact) mass is 244 g/mol. The minimum atomic E-state index is -3.66. The second kappa shape index (κ2) is 4.36. The van der Waals surface area contributed by atoms with Crippen molar-refractivity contribution in [2.24, 2.45) is 5.84 Å². The average molecular weight is 244 g/mol. The summed E-state index contributed by atoms with van der Waals surface area (Å²) in [7, 11) is -3.66. The van der Waals surface area contributed by atoms with Crippen molar-refractivity contribution in [2.75, 3.05) is 5.43 Å². The quantitative estimate of drug-likeness (QED) is 0.529. The smallest absolute Gasteiger partial charge is 0.260 e. The fraction of sp³-hybridized carbons (Fsp3) is 0.444. The standard InChI is InChI=1S/C9H16N4O2S/c1-9(2,3)13-16(14,15)8-7(12-10)5-4-6-11-8/h4-6,12-13H,10H2,1-3H3. The Morgan fingerprint density at radius 2 is 2.00 bits per heavy atom. The highest BCUT2D eigenvalue weighted by atomic mass is 32.2. The van der Waals surface area contributed by atoms with Gasteiger partial charge in [0.25, 0.3) is 10.0 Å². The van der Waals surface area contributed by atoms with Crippen molar-refractivity contribution in [3.05, 3.63) is 18.3 Å². The van der Waals surface area contributed by atoms with Crippen LogP contribution >= 0.6 is 0 Å². The molecule has 0 aliphatic rings. The number of hydrogen-bond acceptors (Lipinski definition) is 5. The van der Waals surface area contributed by atoms with Gasteiger partial charge in [-0.25, -0.2) is 18.1 Å². The third-order valence-corrected chi connectivity index (χ3v) is 3.34. The fourth-order valence-corrected chi connectivity index (χ4v) is 2.69. The van der Waals surface area contributed by atoms with E-state index < -0.39 is 15.6 Å². The van der Waals surface area contributed by atoms with Crippen LogP contribution in [-0.4, -0.2) is 18.9 Å². The van der Waals surface area contributed by atoms with Crippen molar-refractivity contribution < 1.29 is 8.42 Å². The summed E-state index contributed by atoms with van der Waals surface area (Å²) in [6.07, 6.45) is 1.40. The Balaban J connectivity index is 3.17. The van der Waals surface area contributed by atoms with E-state index in [1.807, 2.05) is 0 Å². The molecule has 0 bridgehead atoms. The summed E-state index contributed by atoms with van der Waals surface area (Å²) >= 11 is 0. The predicted molar refractivity (Wildman–Crippen MR) is 62.1 cm³/mol. The lowest BCUT2D eigenvalue weighted by atomic mass is 10.1. The van der Waals surface area contributed by atoms with Crippen LogP contribution in [0.3, 0.4) is 0 Å². The molecule has 0 amide bonds. The zero-order valence-electron chi connectivity index (χ0n) is 9.48. The molecule has 0 aliphatic heterocycles. The van der Waals surface area contributed by atoms with E-state index >= 15 is 0 Å². The first-order valence-electron chi connectivity index (χ1n) is 4.72. The summed E-state index contributed by atoms with van der Waals surface area (Å²) in [5.41, 5.74) is 2.00. The Morgan fingerprint density at radius 3 is 2.50 bits per heavy atom. The molecular formula is C9H16N4O2S. The molecule has 6 nitrogen and oxygen atoms in total. The third-order valence-electron chi connectivity index (χ3n) is 1.62. The van der Waals surface area contributed by atoms with Crippen LogP contribution in [-0.2, 0) is 10.0 Å². The molecule has 1 rings (SSSR count). The molecule has 1 aromatic rings. The molecule has 0 spiro atoms. The van der Waals surface area contributed by atoms with Gasteiger partial charge in [-0.1, -0.05) is 0 Å². The van der Waals surface area contributed by atoms with Crippen molar-refractivity contribution in [1.29, 1.82) is 0 Å². The van der Waals surface area contributed by atoms with Crippen LogP contribution in [0, 0.1) is 0 Å². The number of pyridine rings is 1. The lowest BCUT2D eigenvalue weighted by Gasteiger charge is -2.20.